The van der Waals surface area contributed by atoms with Crippen LogP contribution < -0.4 is 10.1 Å². The molecule has 1 aromatic rings. The van der Waals surface area contributed by atoms with Crippen LogP contribution in [0.4, 0.5) is 0 Å². The molecule has 0 amide bonds. The zero-order chi connectivity index (χ0) is 13.2. The summed E-state index contributed by atoms with van der Waals surface area (Å²) in [6.45, 7) is 9.03. The summed E-state index contributed by atoms with van der Waals surface area (Å²) in [4.78, 5) is 0. The fourth-order valence-electron chi connectivity index (χ4n) is 1.72. The van der Waals surface area contributed by atoms with E-state index in [9.17, 15) is 0 Å². The third-order valence-corrected chi connectivity index (χ3v) is 2.73. The Morgan fingerprint density at radius 3 is 2.67 bits per heavy atom. The molecule has 0 aliphatic carbocycles. The van der Waals surface area contributed by atoms with Crippen molar-refractivity contribution < 1.29 is 4.74 Å². The second-order valence-corrected chi connectivity index (χ2v) is 4.74. The summed E-state index contributed by atoms with van der Waals surface area (Å²) in [6, 6.07) is 3.87. The third kappa shape index (κ3) is 5.96. The van der Waals surface area contributed by atoms with Gasteiger partial charge in [0.25, 0.3) is 0 Å². The minimum atomic E-state index is 0.572. The van der Waals surface area contributed by atoms with E-state index in [0.29, 0.717) is 11.8 Å². The summed E-state index contributed by atoms with van der Waals surface area (Å²) < 4.78 is 5.61. The van der Waals surface area contributed by atoms with Gasteiger partial charge in [0, 0.05) is 12.6 Å². The first kappa shape index (κ1) is 14.9. The highest BCUT2D eigenvalue weighted by Crippen LogP contribution is 2.09. The van der Waals surface area contributed by atoms with Crippen molar-refractivity contribution in [1.82, 2.24) is 15.5 Å². The van der Waals surface area contributed by atoms with E-state index in [1.807, 2.05) is 12.1 Å². The van der Waals surface area contributed by atoms with Crippen LogP contribution in [0.1, 0.15) is 45.7 Å². The van der Waals surface area contributed by atoms with Crippen molar-refractivity contribution >= 4 is 0 Å². The molecule has 1 atom stereocenters. The van der Waals surface area contributed by atoms with Gasteiger partial charge >= 0.3 is 0 Å². The van der Waals surface area contributed by atoms with Crippen LogP contribution in [0.5, 0.6) is 5.88 Å². The third-order valence-electron chi connectivity index (χ3n) is 2.73. The van der Waals surface area contributed by atoms with Gasteiger partial charge in [-0.05, 0) is 31.4 Å². The van der Waals surface area contributed by atoms with E-state index in [1.165, 1.54) is 12.8 Å². The predicted octanol–water partition coefficient (Wildman–Crippen LogP) is 2.79. The molecule has 0 aromatic carbocycles. The number of rotatable bonds is 9. The quantitative estimate of drug-likeness (QED) is 0.686. The first-order valence-corrected chi connectivity index (χ1v) is 6.92. The Bertz CT molecular complexity index is 313. The molecule has 18 heavy (non-hydrogen) atoms. The average molecular weight is 251 g/mol. The van der Waals surface area contributed by atoms with Gasteiger partial charge in [0.1, 0.15) is 0 Å². The summed E-state index contributed by atoms with van der Waals surface area (Å²) in [7, 11) is 0. The molecule has 0 fully saturated rings. The molecule has 4 heteroatoms. The van der Waals surface area contributed by atoms with E-state index < -0.39 is 0 Å². The lowest BCUT2D eigenvalue weighted by Gasteiger charge is -2.11. The van der Waals surface area contributed by atoms with Gasteiger partial charge in [-0.3, -0.25) is 0 Å². The molecule has 1 rings (SSSR count). The average Bonchev–Trinajstić information content (AvgIpc) is 2.38. The Morgan fingerprint density at radius 2 is 2.06 bits per heavy atom. The van der Waals surface area contributed by atoms with Crippen LogP contribution in [0.25, 0.3) is 0 Å². The van der Waals surface area contributed by atoms with Crippen LogP contribution >= 0.6 is 0 Å². The maximum Gasteiger partial charge on any atom is 0.233 e. The van der Waals surface area contributed by atoms with Crippen molar-refractivity contribution in [3.63, 3.8) is 0 Å². The first-order chi connectivity index (χ1) is 8.76. The molecule has 102 valence electrons. The van der Waals surface area contributed by atoms with Crippen molar-refractivity contribution in [2.75, 3.05) is 13.2 Å². The van der Waals surface area contributed by atoms with Gasteiger partial charge in [-0.15, -0.1) is 5.10 Å². The van der Waals surface area contributed by atoms with Crippen molar-refractivity contribution in [2.45, 2.75) is 46.6 Å². The lowest BCUT2D eigenvalue weighted by atomic mass is 10.1. The molecule has 4 nitrogen and oxygen atoms in total. The van der Waals surface area contributed by atoms with Gasteiger partial charge in [0.05, 0.1) is 12.3 Å². The van der Waals surface area contributed by atoms with Gasteiger partial charge in [-0.2, -0.15) is 5.10 Å². The van der Waals surface area contributed by atoms with Crippen molar-refractivity contribution in [1.29, 1.82) is 0 Å². The van der Waals surface area contributed by atoms with Crippen molar-refractivity contribution in [3.05, 3.63) is 17.8 Å². The molecule has 0 radical (unpaired) electrons. The number of aromatic nitrogens is 2. The predicted molar refractivity (Wildman–Crippen MR) is 73.6 cm³/mol. The summed E-state index contributed by atoms with van der Waals surface area (Å²) in [5.41, 5.74) is 0.956. The van der Waals surface area contributed by atoms with E-state index in [4.69, 9.17) is 4.74 Å². The number of hydrogen-bond donors (Lipinski definition) is 1. The van der Waals surface area contributed by atoms with Gasteiger partial charge < -0.3 is 10.1 Å². The zero-order valence-corrected chi connectivity index (χ0v) is 11.8. The normalized spacial score (nSPS) is 12.4. The largest absolute Gasteiger partial charge is 0.476 e. The van der Waals surface area contributed by atoms with Crippen LogP contribution in [-0.2, 0) is 6.54 Å². The van der Waals surface area contributed by atoms with Gasteiger partial charge in [-0.25, -0.2) is 0 Å². The number of hydrogen-bond acceptors (Lipinski definition) is 4. The molecule has 0 saturated carbocycles. The highest BCUT2D eigenvalue weighted by atomic mass is 16.5. The highest BCUT2D eigenvalue weighted by molar-refractivity contribution is 5.11. The summed E-state index contributed by atoms with van der Waals surface area (Å²) in [5, 5.41) is 11.5. The lowest BCUT2D eigenvalue weighted by Crippen LogP contribution is -2.15. The Morgan fingerprint density at radius 1 is 1.22 bits per heavy atom. The fourth-order valence-corrected chi connectivity index (χ4v) is 1.72. The molecular weight excluding hydrogens is 226 g/mol. The minimum Gasteiger partial charge on any atom is -0.476 e. The molecular formula is C14H25N3O. The zero-order valence-electron chi connectivity index (χ0n) is 11.8. The van der Waals surface area contributed by atoms with E-state index in [2.05, 4.69) is 36.3 Å². The van der Waals surface area contributed by atoms with Crippen LogP contribution in [0.15, 0.2) is 12.1 Å². The lowest BCUT2D eigenvalue weighted by molar-refractivity contribution is 0.240. The van der Waals surface area contributed by atoms with Crippen LogP contribution in [0.2, 0.25) is 0 Å². The Kier molecular flexibility index (Phi) is 7.34. The Labute approximate surface area is 110 Å². The van der Waals surface area contributed by atoms with E-state index in [1.54, 1.807) is 0 Å². The van der Waals surface area contributed by atoms with Crippen LogP contribution in [0.3, 0.4) is 0 Å². The monoisotopic (exact) mass is 251 g/mol. The number of nitrogens with zero attached hydrogens (tertiary/aromatic N) is 2. The summed E-state index contributed by atoms with van der Waals surface area (Å²) >= 11 is 0. The Balaban J connectivity index is 2.31. The maximum absolute atomic E-state index is 5.61. The molecule has 1 unspecified atom stereocenters. The number of nitrogens with one attached hydrogen (secondary N) is 1. The summed E-state index contributed by atoms with van der Waals surface area (Å²) in [5.74, 6) is 1.19. The first-order valence-electron chi connectivity index (χ1n) is 6.92. The molecule has 0 spiro atoms. The molecule has 1 aromatic heterocycles. The van der Waals surface area contributed by atoms with Crippen LogP contribution in [-0.4, -0.2) is 23.3 Å². The van der Waals surface area contributed by atoms with E-state index >= 15 is 0 Å². The SMILES string of the molecule is CCCNCc1ccc(OCC(C)CCC)nn1. The second kappa shape index (κ2) is 8.86. The topological polar surface area (TPSA) is 47.0 Å². The standard InChI is InChI=1S/C14H25N3O/c1-4-6-12(3)11-18-14-8-7-13(16-17-14)10-15-9-5-2/h7-8,12,15H,4-6,9-11H2,1-3H3. The van der Waals surface area contributed by atoms with Gasteiger partial charge in [0.2, 0.25) is 5.88 Å². The van der Waals surface area contributed by atoms with Crippen molar-refractivity contribution in [3.8, 4) is 5.88 Å². The molecule has 0 bridgehead atoms. The molecule has 0 saturated heterocycles. The van der Waals surface area contributed by atoms with E-state index in [0.717, 1.165) is 31.8 Å². The maximum atomic E-state index is 5.61. The van der Waals surface area contributed by atoms with Crippen LogP contribution in [0, 0.1) is 5.92 Å². The summed E-state index contributed by atoms with van der Waals surface area (Å²) in [6.07, 6.45) is 3.51. The van der Waals surface area contributed by atoms with Crippen molar-refractivity contribution in [2.24, 2.45) is 5.92 Å². The smallest absolute Gasteiger partial charge is 0.233 e. The number of ether oxygens (including phenoxy) is 1. The van der Waals surface area contributed by atoms with Gasteiger partial charge in [-0.1, -0.05) is 27.2 Å². The highest BCUT2D eigenvalue weighted by Gasteiger charge is 2.03. The minimum absolute atomic E-state index is 0.572. The Hall–Kier alpha value is -1.16. The molecule has 1 N–H and O–H groups in total. The fraction of sp³-hybridized carbons (Fsp3) is 0.714. The second-order valence-electron chi connectivity index (χ2n) is 4.74. The van der Waals surface area contributed by atoms with Gasteiger partial charge in [0.15, 0.2) is 0 Å². The van der Waals surface area contributed by atoms with E-state index in [-0.39, 0.29) is 0 Å². The molecule has 1 heterocycles. The molecule has 0 aliphatic rings. The molecule has 0 aliphatic heterocycles.